The lowest BCUT2D eigenvalue weighted by atomic mass is 9.95. The Morgan fingerprint density at radius 3 is 2.43 bits per heavy atom. The summed E-state index contributed by atoms with van der Waals surface area (Å²) >= 11 is 3.39. The van der Waals surface area contributed by atoms with E-state index in [-0.39, 0.29) is 18.1 Å². The summed E-state index contributed by atoms with van der Waals surface area (Å²) in [6.45, 7) is 0.161. The monoisotopic (exact) mass is 374 g/mol. The molecular formula is C17H15BrN2O3. The van der Waals surface area contributed by atoms with Crippen molar-refractivity contribution < 1.29 is 9.72 Å². The highest BCUT2D eigenvalue weighted by Gasteiger charge is 2.51. The Hall–Kier alpha value is -2.21. The third kappa shape index (κ3) is 3.12. The number of nitro groups is 1. The van der Waals surface area contributed by atoms with Crippen molar-refractivity contribution >= 4 is 27.5 Å². The highest BCUT2D eigenvalue weighted by atomic mass is 79.9. The average molecular weight is 375 g/mol. The van der Waals surface area contributed by atoms with E-state index < -0.39 is 10.3 Å². The number of hydrogen-bond acceptors (Lipinski definition) is 3. The van der Waals surface area contributed by atoms with Gasteiger partial charge < -0.3 is 5.32 Å². The van der Waals surface area contributed by atoms with Crippen molar-refractivity contribution in [1.29, 1.82) is 0 Å². The summed E-state index contributed by atoms with van der Waals surface area (Å²) in [6, 6.07) is 14.2. The van der Waals surface area contributed by atoms with Gasteiger partial charge in [-0.1, -0.05) is 46.3 Å². The first-order valence-electron chi connectivity index (χ1n) is 7.29. The maximum Gasteiger partial charge on any atom is 0.274 e. The van der Waals surface area contributed by atoms with Crippen LogP contribution in [-0.2, 0) is 16.8 Å². The number of nitrogens with one attached hydrogen (secondary N) is 1. The molecular weight excluding hydrogens is 360 g/mol. The molecule has 0 radical (unpaired) electrons. The zero-order valence-corrected chi connectivity index (χ0v) is 13.9. The van der Waals surface area contributed by atoms with E-state index in [1.807, 2.05) is 24.3 Å². The molecule has 1 N–H and O–H groups in total. The Kier molecular flexibility index (Phi) is 4.17. The predicted octanol–water partition coefficient (Wildman–Crippen LogP) is 3.71. The van der Waals surface area contributed by atoms with Crippen molar-refractivity contribution in [3.05, 3.63) is 74.2 Å². The van der Waals surface area contributed by atoms with Crippen LogP contribution < -0.4 is 5.32 Å². The smallest absolute Gasteiger partial charge is 0.274 e. The van der Waals surface area contributed by atoms with E-state index in [0.717, 1.165) is 22.9 Å². The number of amides is 1. The van der Waals surface area contributed by atoms with Gasteiger partial charge in [0.2, 0.25) is 5.91 Å². The molecule has 0 aliphatic heterocycles. The van der Waals surface area contributed by atoms with Gasteiger partial charge in [-0.25, -0.2) is 0 Å². The highest BCUT2D eigenvalue weighted by molar-refractivity contribution is 9.10. The van der Waals surface area contributed by atoms with Crippen LogP contribution in [0, 0.1) is 10.1 Å². The maximum atomic E-state index is 12.6. The lowest BCUT2D eigenvalue weighted by Crippen LogP contribution is -2.34. The standard InChI is InChI=1S/C17H15BrN2O3/c18-14-7-5-13(6-8-14)17(9-10-17)16(21)19-11-12-3-1-2-4-15(12)20(22)23/h1-8H,9-11H2,(H,19,21). The minimum absolute atomic E-state index is 0.0290. The lowest BCUT2D eigenvalue weighted by molar-refractivity contribution is -0.385. The second kappa shape index (κ2) is 6.12. The van der Waals surface area contributed by atoms with E-state index in [4.69, 9.17) is 0 Å². The van der Waals surface area contributed by atoms with Crippen LogP contribution in [0.5, 0.6) is 0 Å². The molecule has 1 aliphatic rings. The van der Waals surface area contributed by atoms with Crippen LogP contribution in [0.3, 0.4) is 0 Å². The molecule has 0 bridgehead atoms. The van der Waals surface area contributed by atoms with E-state index in [2.05, 4.69) is 21.2 Å². The summed E-state index contributed by atoms with van der Waals surface area (Å²) in [5, 5.41) is 13.9. The molecule has 6 heteroatoms. The largest absolute Gasteiger partial charge is 0.351 e. The van der Waals surface area contributed by atoms with Crippen LogP contribution in [0.25, 0.3) is 0 Å². The Balaban J connectivity index is 1.73. The zero-order chi connectivity index (χ0) is 16.4. The van der Waals surface area contributed by atoms with Gasteiger partial charge in [0.05, 0.1) is 10.3 Å². The molecule has 118 valence electrons. The molecule has 0 saturated heterocycles. The fraction of sp³-hybridized carbons (Fsp3) is 0.235. The number of benzene rings is 2. The Labute approximate surface area is 142 Å². The van der Waals surface area contributed by atoms with Gasteiger partial charge in [0.1, 0.15) is 0 Å². The van der Waals surface area contributed by atoms with Crippen molar-refractivity contribution in [3.8, 4) is 0 Å². The van der Waals surface area contributed by atoms with Gasteiger partial charge in [0.15, 0.2) is 0 Å². The predicted molar refractivity (Wildman–Crippen MR) is 90.0 cm³/mol. The molecule has 3 rings (SSSR count). The molecule has 2 aromatic rings. The highest BCUT2D eigenvalue weighted by Crippen LogP contribution is 2.48. The topological polar surface area (TPSA) is 72.2 Å². The number of halogens is 1. The first kappa shape index (κ1) is 15.7. The van der Waals surface area contributed by atoms with E-state index in [1.54, 1.807) is 18.2 Å². The number of nitrogens with zero attached hydrogens (tertiary/aromatic N) is 1. The van der Waals surface area contributed by atoms with Crippen LogP contribution in [0.2, 0.25) is 0 Å². The van der Waals surface area contributed by atoms with Crippen LogP contribution in [0.1, 0.15) is 24.0 Å². The van der Waals surface area contributed by atoms with Crippen LogP contribution in [-0.4, -0.2) is 10.8 Å². The van der Waals surface area contributed by atoms with Crippen molar-refractivity contribution in [3.63, 3.8) is 0 Å². The summed E-state index contributed by atoms with van der Waals surface area (Å²) in [5.74, 6) is -0.0713. The maximum absolute atomic E-state index is 12.6. The van der Waals surface area contributed by atoms with Crippen LogP contribution in [0.4, 0.5) is 5.69 Å². The summed E-state index contributed by atoms with van der Waals surface area (Å²) in [5.41, 5.74) is 1.05. The van der Waals surface area contributed by atoms with Gasteiger partial charge in [-0.3, -0.25) is 14.9 Å². The van der Waals surface area contributed by atoms with Crippen molar-refractivity contribution in [1.82, 2.24) is 5.32 Å². The van der Waals surface area contributed by atoms with E-state index in [0.29, 0.717) is 5.56 Å². The summed E-state index contributed by atoms with van der Waals surface area (Å²) in [7, 11) is 0. The third-order valence-corrected chi connectivity index (χ3v) is 4.74. The number of hydrogen-bond donors (Lipinski definition) is 1. The van der Waals surface area contributed by atoms with Crippen LogP contribution in [0.15, 0.2) is 53.0 Å². The summed E-state index contributed by atoms with van der Waals surface area (Å²) < 4.78 is 0.970. The SMILES string of the molecule is O=C(NCc1ccccc1[N+](=O)[O-])C1(c2ccc(Br)cc2)CC1. The fourth-order valence-corrected chi connectivity index (χ4v) is 2.99. The van der Waals surface area contributed by atoms with E-state index in [1.165, 1.54) is 6.07 Å². The normalized spacial score (nSPS) is 15.0. The molecule has 2 aromatic carbocycles. The van der Waals surface area contributed by atoms with E-state index >= 15 is 0 Å². The molecule has 0 heterocycles. The molecule has 1 amide bonds. The molecule has 23 heavy (non-hydrogen) atoms. The van der Waals surface area contributed by atoms with Gasteiger partial charge in [0.25, 0.3) is 5.69 Å². The first-order chi connectivity index (χ1) is 11.0. The van der Waals surface area contributed by atoms with Crippen molar-refractivity contribution in [2.75, 3.05) is 0 Å². The zero-order valence-electron chi connectivity index (χ0n) is 12.3. The van der Waals surface area contributed by atoms with Crippen molar-refractivity contribution in [2.24, 2.45) is 0 Å². The van der Waals surface area contributed by atoms with Gasteiger partial charge in [0, 0.05) is 22.6 Å². The van der Waals surface area contributed by atoms with Gasteiger partial charge in [-0.15, -0.1) is 0 Å². The summed E-state index contributed by atoms with van der Waals surface area (Å²) in [6.07, 6.45) is 1.61. The van der Waals surface area contributed by atoms with Gasteiger partial charge >= 0.3 is 0 Å². The molecule has 1 aliphatic carbocycles. The average Bonchev–Trinajstić information content (AvgIpc) is 3.35. The Bertz CT molecular complexity index is 755. The molecule has 0 spiro atoms. The number of para-hydroxylation sites is 1. The third-order valence-electron chi connectivity index (χ3n) is 4.21. The van der Waals surface area contributed by atoms with Gasteiger partial charge in [-0.2, -0.15) is 0 Å². The molecule has 1 saturated carbocycles. The van der Waals surface area contributed by atoms with Crippen LogP contribution >= 0.6 is 15.9 Å². The fourth-order valence-electron chi connectivity index (χ4n) is 2.72. The first-order valence-corrected chi connectivity index (χ1v) is 8.09. The number of carbonyl (C=O) groups excluding carboxylic acids is 1. The Morgan fingerprint density at radius 2 is 1.83 bits per heavy atom. The molecule has 0 atom stereocenters. The molecule has 1 fully saturated rings. The second-order valence-corrected chi connectivity index (χ2v) is 6.57. The van der Waals surface area contributed by atoms with Crippen molar-refractivity contribution in [2.45, 2.75) is 24.8 Å². The lowest BCUT2D eigenvalue weighted by Gasteiger charge is -2.16. The summed E-state index contributed by atoms with van der Waals surface area (Å²) in [4.78, 5) is 23.2. The number of nitro benzene ring substituents is 1. The molecule has 0 aromatic heterocycles. The van der Waals surface area contributed by atoms with Gasteiger partial charge in [-0.05, 0) is 30.5 Å². The minimum Gasteiger partial charge on any atom is -0.351 e. The number of carbonyl (C=O) groups is 1. The van der Waals surface area contributed by atoms with E-state index in [9.17, 15) is 14.9 Å². The molecule has 0 unspecified atom stereocenters. The minimum atomic E-state index is -0.482. The molecule has 5 nitrogen and oxygen atoms in total. The Morgan fingerprint density at radius 1 is 1.17 bits per heavy atom. The quantitative estimate of drug-likeness (QED) is 0.640. The number of rotatable bonds is 5. The second-order valence-electron chi connectivity index (χ2n) is 5.66.